The standard InChI is InChI=1S/C22H24N2O2S2/c1-3-5-16-8-10-17(11-9-16)21(18-6-4-13-27-18)24-20(25)14-23-22(26)19-12-7-15(2)28-19/h4,6-13,21H,3,5,14H2,1-2H3,(H,23,26)(H,24,25). The van der Waals surface area contributed by atoms with Gasteiger partial charge in [-0.3, -0.25) is 9.59 Å². The lowest BCUT2D eigenvalue weighted by Crippen LogP contribution is -2.38. The molecule has 2 heterocycles. The first kappa shape index (κ1) is 20.3. The van der Waals surface area contributed by atoms with Gasteiger partial charge in [-0.25, -0.2) is 0 Å². The van der Waals surface area contributed by atoms with Gasteiger partial charge >= 0.3 is 0 Å². The molecule has 1 unspecified atom stereocenters. The van der Waals surface area contributed by atoms with Crippen LogP contribution in [0, 0.1) is 6.92 Å². The smallest absolute Gasteiger partial charge is 0.261 e. The minimum absolute atomic E-state index is 0.0500. The third kappa shape index (κ3) is 5.30. The Balaban J connectivity index is 1.66. The molecule has 0 saturated heterocycles. The Labute approximate surface area is 173 Å². The number of hydrogen-bond donors (Lipinski definition) is 2. The molecule has 1 aromatic carbocycles. The van der Waals surface area contributed by atoms with Crippen molar-refractivity contribution in [3.63, 3.8) is 0 Å². The van der Waals surface area contributed by atoms with E-state index in [4.69, 9.17) is 0 Å². The number of benzene rings is 1. The maximum Gasteiger partial charge on any atom is 0.261 e. The average molecular weight is 413 g/mol. The van der Waals surface area contributed by atoms with Gasteiger partial charge in [-0.05, 0) is 48.1 Å². The van der Waals surface area contributed by atoms with E-state index in [1.54, 1.807) is 17.4 Å². The molecule has 4 nitrogen and oxygen atoms in total. The lowest BCUT2D eigenvalue weighted by atomic mass is 10.0. The fourth-order valence-corrected chi connectivity index (χ4v) is 4.54. The summed E-state index contributed by atoms with van der Waals surface area (Å²) in [6, 6.07) is 15.8. The molecular formula is C22H24N2O2S2. The number of carbonyl (C=O) groups excluding carboxylic acids is 2. The Morgan fingerprint density at radius 2 is 1.86 bits per heavy atom. The normalized spacial score (nSPS) is 11.8. The van der Waals surface area contributed by atoms with Crippen LogP contribution in [-0.2, 0) is 11.2 Å². The lowest BCUT2D eigenvalue weighted by molar-refractivity contribution is -0.120. The summed E-state index contributed by atoms with van der Waals surface area (Å²) in [5.41, 5.74) is 2.33. The van der Waals surface area contributed by atoms with Crippen LogP contribution in [0.1, 0.15) is 49.9 Å². The van der Waals surface area contributed by atoms with E-state index in [0.29, 0.717) is 4.88 Å². The number of carbonyl (C=O) groups is 2. The molecule has 0 radical (unpaired) electrons. The molecule has 0 fully saturated rings. The highest BCUT2D eigenvalue weighted by Gasteiger charge is 2.18. The molecule has 3 rings (SSSR count). The van der Waals surface area contributed by atoms with Crippen LogP contribution in [0.5, 0.6) is 0 Å². The maximum atomic E-state index is 12.5. The highest BCUT2D eigenvalue weighted by molar-refractivity contribution is 7.14. The second-order valence-corrected chi connectivity index (χ2v) is 8.87. The second-order valence-electron chi connectivity index (χ2n) is 6.60. The molecule has 0 aliphatic heterocycles. The molecular weight excluding hydrogens is 388 g/mol. The van der Waals surface area contributed by atoms with Gasteiger partial charge in [-0.15, -0.1) is 22.7 Å². The topological polar surface area (TPSA) is 58.2 Å². The summed E-state index contributed by atoms with van der Waals surface area (Å²) in [5, 5.41) is 7.76. The number of hydrogen-bond acceptors (Lipinski definition) is 4. The van der Waals surface area contributed by atoms with Gasteiger partial charge in [0, 0.05) is 9.75 Å². The molecule has 3 aromatic rings. The van der Waals surface area contributed by atoms with E-state index in [2.05, 4.69) is 41.8 Å². The zero-order valence-corrected chi connectivity index (χ0v) is 17.7. The van der Waals surface area contributed by atoms with Gasteiger partial charge in [-0.1, -0.05) is 43.7 Å². The summed E-state index contributed by atoms with van der Waals surface area (Å²) in [7, 11) is 0. The number of nitrogens with one attached hydrogen (secondary N) is 2. The van der Waals surface area contributed by atoms with Crippen molar-refractivity contribution in [2.24, 2.45) is 0 Å². The Bertz CT molecular complexity index is 914. The molecule has 2 N–H and O–H groups in total. The van der Waals surface area contributed by atoms with Crippen LogP contribution >= 0.6 is 22.7 Å². The summed E-state index contributed by atoms with van der Waals surface area (Å²) in [4.78, 5) is 27.4. The highest BCUT2D eigenvalue weighted by atomic mass is 32.1. The largest absolute Gasteiger partial charge is 0.343 e. The fourth-order valence-electron chi connectivity index (χ4n) is 2.96. The van der Waals surface area contributed by atoms with Crippen molar-refractivity contribution in [2.75, 3.05) is 6.54 Å². The van der Waals surface area contributed by atoms with Gasteiger partial charge in [0.25, 0.3) is 5.91 Å². The van der Waals surface area contributed by atoms with Crippen molar-refractivity contribution in [2.45, 2.75) is 32.7 Å². The number of amides is 2. The Morgan fingerprint density at radius 1 is 1.07 bits per heavy atom. The summed E-state index contributed by atoms with van der Waals surface area (Å²) in [5.74, 6) is -0.428. The van der Waals surface area contributed by atoms with Crippen LogP contribution in [0.4, 0.5) is 0 Å². The molecule has 2 aromatic heterocycles. The van der Waals surface area contributed by atoms with Gasteiger partial charge < -0.3 is 10.6 Å². The Morgan fingerprint density at radius 3 is 2.46 bits per heavy atom. The molecule has 6 heteroatoms. The first-order chi connectivity index (χ1) is 13.6. The van der Waals surface area contributed by atoms with E-state index in [0.717, 1.165) is 28.2 Å². The molecule has 2 amide bonds. The van der Waals surface area contributed by atoms with Crippen molar-refractivity contribution in [1.29, 1.82) is 0 Å². The van der Waals surface area contributed by atoms with Crippen LogP contribution < -0.4 is 10.6 Å². The highest BCUT2D eigenvalue weighted by Crippen LogP contribution is 2.26. The molecule has 0 spiro atoms. The third-order valence-corrected chi connectivity index (χ3v) is 6.30. The zero-order valence-electron chi connectivity index (χ0n) is 16.0. The van der Waals surface area contributed by atoms with E-state index in [1.807, 2.05) is 30.5 Å². The van der Waals surface area contributed by atoms with Crippen LogP contribution in [-0.4, -0.2) is 18.4 Å². The van der Waals surface area contributed by atoms with Gasteiger partial charge in [0.15, 0.2) is 0 Å². The van der Waals surface area contributed by atoms with Crippen LogP contribution in [0.25, 0.3) is 0 Å². The van der Waals surface area contributed by atoms with E-state index >= 15 is 0 Å². The SMILES string of the molecule is CCCc1ccc(C(NC(=O)CNC(=O)c2ccc(C)s2)c2cccs2)cc1. The van der Waals surface area contributed by atoms with Crippen molar-refractivity contribution in [3.05, 3.63) is 79.7 Å². The van der Waals surface area contributed by atoms with Gasteiger partial charge in [0.2, 0.25) is 5.91 Å². The van der Waals surface area contributed by atoms with Crippen LogP contribution in [0.3, 0.4) is 0 Å². The summed E-state index contributed by atoms with van der Waals surface area (Å²) in [6.07, 6.45) is 2.15. The fraction of sp³-hybridized carbons (Fsp3) is 0.273. The third-order valence-electron chi connectivity index (χ3n) is 4.36. The predicted molar refractivity (Wildman–Crippen MR) is 116 cm³/mol. The van der Waals surface area contributed by atoms with Crippen molar-refractivity contribution >= 4 is 34.5 Å². The molecule has 0 saturated carbocycles. The van der Waals surface area contributed by atoms with Crippen molar-refractivity contribution in [3.8, 4) is 0 Å². The van der Waals surface area contributed by atoms with E-state index in [-0.39, 0.29) is 24.4 Å². The maximum absolute atomic E-state index is 12.5. The van der Waals surface area contributed by atoms with Crippen molar-refractivity contribution < 1.29 is 9.59 Å². The van der Waals surface area contributed by atoms with Crippen LogP contribution in [0.2, 0.25) is 0 Å². The van der Waals surface area contributed by atoms with E-state index in [9.17, 15) is 9.59 Å². The van der Waals surface area contributed by atoms with Gasteiger partial charge in [0.1, 0.15) is 0 Å². The van der Waals surface area contributed by atoms with Gasteiger partial charge in [0.05, 0.1) is 17.5 Å². The van der Waals surface area contributed by atoms with Gasteiger partial charge in [-0.2, -0.15) is 0 Å². The Hall–Kier alpha value is -2.44. The van der Waals surface area contributed by atoms with Crippen LogP contribution in [0.15, 0.2) is 53.9 Å². The minimum Gasteiger partial charge on any atom is -0.343 e. The molecule has 28 heavy (non-hydrogen) atoms. The number of thiophene rings is 2. The zero-order chi connectivity index (χ0) is 19.9. The number of rotatable bonds is 8. The predicted octanol–water partition coefficient (Wildman–Crippen LogP) is 4.71. The van der Waals surface area contributed by atoms with E-state index < -0.39 is 0 Å². The summed E-state index contributed by atoms with van der Waals surface area (Å²) >= 11 is 3.03. The first-order valence-corrected chi connectivity index (χ1v) is 11.0. The molecule has 0 aliphatic rings. The first-order valence-electron chi connectivity index (χ1n) is 9.33. The number of aryl methyl sites for hydroxylation is 2. The van der Waals surface area contributed by atoms with Crippen molar-refractivity contribution in [1.82, 2.24) is 10.6 Å². The molecule has 0 bridgehead atoms. The monoisotopic (exact) mass is 412 g/mol. The molecule has 0 aliphatic carbocycles. The summed E-state index contributed by atoms with van der Waals surface area (Å²) < 4.78 is 0. The summed E-state index contributed by atoms with van der Waals surface area (Å²) in [6.45, 7) is 4.06. The minimum atomic E-state index is -0.218. The quantitative estimate of drug-likeness (QED) is 0.563. The average Bonchev–Trinajstić information content (AvgIpc) is 3.37. The second kappa shape index (κ2) is 9.66. The molecule has 1 atom stereocenters. The van der Waals surface area contributed by atoms with E-state index in [1.165, 1.54) is 16.9 Å². The molecule has 146 valence electrons. The Kier molecular flexibility index (Phi) is 7.01. The lowest BCUT2D eigenvalue weighted by Gasteiger charge is -2.19.